The van der Waals surface area contributed by atoms with Gasteiger partial charge in [-0.2, -0.15) is 0 Å². The second-order valence-electron chi connectivity index (χ2n) is 12.5. The van der Waals surface area contributed by atoms with Gasteiger partial charge < -0.3 is 4.74 Å². The van der Waals surface area contributed by atoms with Crippen LogP contribution in [0.25, 0.3) is 0 Å². The Morgan fingerprint density at radius 3 is 1.62 bits per heavy atom. The molecule has 4 unspecified atom stereocenters. The van der Waals surface area contributed by atoms with Crippen LogP contribution < -0.4 is 0 Å². The van der Waals surface area contributed by atoms with Crippen LogP contribution in [0, 0.1) is 23.7 Å². The van der Waals surface area contributed by atoms with Crippen molar-refractivity contribution in [2.24, 2.45) is 23.7 Å². The molecule has 0 N–H and O–H groups in total. The molecule has 220 valence electrons. The van der Waals surface area contributed by atoms with Gasteiger partial charge in [-0.3, -0.25) is 4.79 Å². The van der Waals surface area contributed by atoms with Gasteiger partial charge in [0.25, 0.3) is 0 Å². The first-order valence-corrected chi connectivity index (χ1v) is 16.7. The number of carbonyl (C=O) groups is 1. The number of unbranched alkanes of at least 4 members (excludes halogenated alkanes) is 14. The average Bonchev–Trinajstić information content (AvgIpc) is 2.85. The third kappa shape index (κ3) is 25.3. The molecular formula is C35H68O2. The number of rotatable bonds is 27. The van der Waals surface area contributed by atoms with Crippen LogP contribution in [0.2, 0.25) is 0 Å². The number of hydrogen-bond donors (Lipinski definition) is 0. The fraction of sp³-hybridized carbons (Fsp3) is 0.914. The van der Waals surface area contributed by atoms with Crippen LogP contribution in [0.3, 0.4) is 0 Å². The Labute approximate surface area is 234 Å². The van der Waals surface area contributed by atoms with E-state index in [4.69, 9.17) is 4.74 Å². The quantitative estimate of drug-likeness (QED) is 0.0611. The lowest BCUT2D eigenvalue weighted by atomic mass is 9.84. The van der Waals surface area contributed by atoms with Gasteiger partial charge in [-0.1, -0.05) is 137 Å². The minimum absolute atomic E-state index is 0.00365. The fourth-order valence-corrected chi connectivity index (χ4v) is 5.79. The Kier molecular flexibility index (Phi) is 26.2. The fourth-order valence-electron chi connectivity index (χ4n) is 5.79. The zero-order valence-electron chi connectivity index (χ0n) is 26.3. The molecule has 0 fully saturated rings. The van der Waals surface area contributed by atoms with E-state index < -0.39 is 0 Å². The summed E-state index contributed by atoms with van der Waals surface area (Å²) in [5.74, 6) is 2.18. The summed E-state index contributed by atoms with van der Waals surface area (Å²) in [4.78, 5) is 12.2. The Hall–Kier alpha value is -0.790. The molecule has 0 aromatic heterocycles. The molecule has 0 heterocycles. The van der Waals surface area contributed by atoms with E-state index >= 15 is 0 Å². The summed E-state index contributed by atoms with van der Waals surface area (Å²) in [7, 11) is 0. The minimum Gasteiger partial charge on any atom is -0.465 e. The average molecular weight is 521 g/mol. The molecule has 0 aromatic carbocycles. The predicted molar refractivity (Wildman–Crippen MR) is 165 cm³/mol. The SMILES string of the molecule is CCCCCCCCC=CCCCCCCCCC(C)CC(C)CC(C)CC(C)C(=O)OCCCCC. The van der Waals surface area contributed by atoms with Crippen molar-refractivity contribution in [2.75, 3.05) is 6.61 Å². The summed E-state index contributed by atoms with van der Waals surface area (Å²) in [5.41, 5.74) is 0. The molecule has 0 amide bonds. The molecule has 2 nitrogen and oxygen atoms in total. The van der Waals surface area contributed by atoms with E-state index in [1.54, 1.807) is 0 Å². The van der Waals surface area contributed by atoms with Gasteiger partial charge in [0.05, 0.1) is 12.5 Å². The number of carbonyl (C=O) groups excluding carboxylic acids is 1. The number of allylic oxidation sites excluding steroid dienone is 2. The molecule has 0 aromatic rings. The molecule has 0 rings (SSSR count). The molecule has 37 heavy (non-hydrogen) atoms. The number of esters is 1. The minimum atomic E-state index is 0.00365. The normalized spacial score (nSPS) is 15.1. The van der Waals surface area contributed by atoms with Crippen molar-refractivity contribution in [1.29, 1.82) is 0 Å². The first kappa shape index (κ1) is 36.2. The summed E-state index contributed by atoms with van der Waals surface area (Å²) in [6, 6.07) is 0. The van der Waals surface area contributed by atoms with Crippen LogP contribution in [0.4, 0.5) is 0 Å². The third-order valence-corrected chi connectivity index (χ3v) is 7.97. The lowest BCUT2D eigenvalue weighted by molar-refractivity contribution is -0.148. The highest BCUT2D eigenvalue weighted by Crippen LogP contribution is 2.27. The van der Waals surface area contributed by atoms with E-state index in [-0.39, 0.29) is 11.9 Å². The zero-order chi connectivity index (χ0) is 27.6. The van der Waals surface area contributed by atoms with Crippen LogP contribution in [0.5, 0.6) is 0 Å². The maximum absolute atomic E-state index is 12.2. The maximum Gasteiger partial charge on any atom is 0.308 e. The molecule has 0 bridgehead atoms. The highest BCUT2D eigenvalue weighted by Gasteiger charge is 2.20. The van der Waals surface area contributed by atoms with Crippen LogP contribution >= 0.6 is 0 Å². The van der Waals surface area contributed by atoms with Gasteiger partial charge in [0.1, 0.15) is 0 Å². The Morgan fingerprint density at radius 1 is 0.568 bits per heavy atom. The zero-order valence-corrected chi connectivity index (χ0v) is 26.3. The Bertz CT molecular complexity index is 511. The number of hydrogen-bond acceptors (Lipinski definition) is 2. The monoisotopic (exact) mass is 521 g/mol. The van der Waals surface area contributed by atoms with E-state index in [9.17, 15) is 4.79 Å². The summed E-state index contributed by atoms with van der Waals surface area (Å²) >= 11 is 0. The van der Waals surface area contributed by atoms with Crippen molar-refractivity contribution >= 4 is 5.97 Å². The lowest BCUT2D eigenvalue weighted by Crippen LogP contribution is -2.19. The van der Waals surface area contributed by atoms with Crippen LogP contribution in [0.15, 0.2) is 12.2 Å². The topological polar surface area (TPSA) is 26.3 Å². The molecular weight excluding hydrogens is 452 g/mol. The van der Waals surface area contributed by atoms with Crippen LogP contribution in [-0.4, -0.2) is 12.6 Å². The first-order valence-electron chi connectivity index (χ1n) is 16.7. The standard InChI is InChI=1S/C35H68O2/c1-7-9-11-12-13-14-15-16-17-18-19-20-21-22-23-24-26-31(3)28-32(4)29-33(5)30-34(6)35(36)37-27-25-10-8-2/h16-17,31-34H,7-15,18-30H2,1-6H3. The highest BCUT2D eigenvalue weighted by molar-refractivity contribution is 5.71. The van der Waals surface area contributed by atoms with Gasteiger partial charge in [0.15, 0.2) is 0 Å². The van der Waals surface area contributed by atoms with E-state index in [1.165, 1.54) is 109 Å². The summed E-state index contributed by atoms with van der Waals surface area (Å²) in [6.07, 6.45) is 32.4. The van der Waals surface area contributed by atoms with Gasteiger partial charge in [0, 0.05) is 0 Å². The second-order valence-corrected chi connectivity index (χ2v) is 12.5. The van der Waals surface area contributed by atoms with Crippen molar-refractivity contribution in [3.8, 4) is 0 Å². The Balaban J connectivity index is 3.63. The lowest BCUT2D eigenvalue weighted by Gasteiger charge is -2.22. The molecule has 0 aliphatic heterocycles. The van der Waals surface area contributed by atoms with Crippen LogP contribution in [0.1, 0.15) is 176 Å². The van der Waals surface area contributed by atoms with Gasteiger partial charge in [-0.15, -0.1) is 0 Å². The van der Waals surface area contributed by atoms with Gasteiger partial charge >= 0.3 is 5.97 Å². The van der Waals surface area contributed by atoms with Crippen molar-refractivity contribution in [3.63, 3.8) is 0 Å². The molecule has 0 saturated heterocycles. The summed E-state index contributed by atoms with van der Waals surface area (Å²) < 4.78 is 5.46. The molecule has 0 saturated carbocycles. The van der Waals surface area contributed by atoms with E-state index in [1.807, 2.05) is 6.92 Å². The van der Waals surface area contributed by atoms with Crippen molar-refractivity contribution in [3.05, 3.63) is 12.2 Å². The van der Waals surface area contributed by atoms with Crippen molar-refractivity contribution < 1.29 is 9.53 Å². The van der Waals surface area contributed by atoms with Gasteiger partial charge in [-0.05, 0) is 69.1 Å². The predicted octanol–water partition coefficient (Wildman–Crippen LogP) is 11.9. The highest BCUT2D eigenvalue weighted by atomic mass is 16.5. The molecule has 0 radical (unpaired) electrons. The first-order chi connectivity index (χ1) is 17.9. The molecule has 0 aliphatic carbocycles. The van der Waals surface area contributed by atoms with E-state index in [2.05, 4.69) is 46.8 Å². The third-order valence-electron chi connectivity index (χ3n) is 7.97. The molecule has 2 heteroatoms. The second kappa shape index (κ2) is 26.8. The number of ether oxygens (including phenoxy) is 1. The van der Waals surface area contributed by atoms with E-state index in [0.717, 1.165) is 37.5 Å². The maximum atomic E-state index is 12.2. The van der Waals surface area contributed by atoms with Crippen molar-refractivity contribution in [1.82, 2.24) is 0 Å². The Morgan fingerprint density at radius 2 is 1.03 bits per heavy atom. The van der Waals surface area contributed by atoms with Crippen molar-refractivity contribution in [2.45, 2.75) is 176 Å². The molecule has 4 atom stereocenters. The summed E-state index contributed by atoms with van der Waals surface area (Å²) in [6.45, 7) is 14.3. The van der Waals surface area contributed by atoms with Crippen LogP contribution in [-0.2, 0) is 9.53 Å². The van der Waals surface area contributed by atoms with Gasteiger partial charge in [0.2, 0.25) is 0 Å². The molecule has 0 spiro atoms. The largest absolute Gasteiger partial charge is 0.465 e. The molecule has 0 aliphatic rings. The summed E-state index contributed by atoms with van der Waals surface area (Å²) in [5, 5.41) is 0. The smallest absolute Gasteiger partial charge is 0.308 e. The van der Waals surface area contributed by atoms with E-state index in [0.29, 0.717) is 12.5 Å². The van der Waals surface area contributed by atoms with Gasteiger partial charge in [-0.25, -0.2) is 0 Å².